The highest BCUT2D eigenvalue weighted by Crippen LogP contribution is 2.32. The third-order valence-electron chi connectivity index (χ3n) is 7.40. The molecule has 1 aliphatic carbocycles. The largest absolute Gasteiger partial charge is 0.497 e. The molecule has 0 spiro atoms. The second-order valence-corrected chi connectivity index (χ2v) is 10.5. The summed E-state index contributed by atoms with van der Waals surface area (Å²) in [6.07, 6.45) is 4.64. The SMILES string of the molecule is COc1cccc([C@@H](CO)NC(=O)CN2Cc3ccc(-c4nc(N[C@H]5CCCC[C@@H]5O)ncc4Cl)cc3C2=O)c1. The van der Waals surface area contributed by atoms with Crippen LogP contribution in [-0.2, 0) is 11.3 Å². The van der Waals surface area contributed by atoms with Gasteiger partial charge in [-0.05, 0) is 42.2 Å². The van der Waals surface area contributed by atoms with E-state index >= 15 is 0 Å². The molecular formula is C29H32ClN5O5. The number of carbonyl (C=O) groups excluding carboxylic acids is 2. The van der Waals surface area contributed by atoms with Crippen molar-refractivity contribution < 1.29 is 24.5 Å². The van der Waals surface area contributed by atoms with Gasteiger partial charge in [0.25, 0.3) is 5.91 Å². The molecule has 1 fully saturated rings. The number of ether oxygens (including phenoxy) is 1. The van der Waals surface area contributed by atoms with E-state index in [2.05, 4.69) is 20.6 Å². The van der Waals surface area contributed by atoms with Crippen molar-refractivity contribution in [1.29, 1.82) is 0 Å². The van der Waals surface area contributed by atoms with Crippen LogP contribution in [0, 0.1) is 0 Å². The summed E-state index contributed by atoms with van der Waals surface area (Å²) >= 11 is 6.44. The number of anilines is 1. The molecule has 1 aromatic heterocycles. The monoisotopic (exact) mass is 565 g/mol. The maximum absolute atomic E-state index is 13.2. The van der Waals surface area contributed by atoms with Crippen LogP contribution < -0.4 is 15.4 Å². The molecule has 2 heterocycles. The summed E-state index contributed by atoms with van der Waals surface area (Å²) < 4.78 is 5.23. The van der Waals surface area contributed by atoms with Gasteiger partial charge in [-0.25, -0.2) is 9.97 Å². The Kier molecular flexibility index (Phi) is 8.49. The summed E-state index contributed by atoms with van der Waals surface area (Å²) in [6.45, 7) is -0.170. The van der Waals surface area contributed by atoms with Gasteiger partial charge in [-0.2, -0.15) is 0 Å². The van der Waals surface area contributed by atoms with Crippen LogP contribution >= 0.6 is 11.6 Å². The Labute approximate surface area is 237 Å². The highest BCUT2D eigenvalue weighted by Gasteiger charge is 2.30. The van der Waals surface area contributed by atoms with Gasteiger partial charge in [0.05, 0.1) is 48.8 Å². The molecule has 0 bridgehead atoms. The number of hydrogen-bond donors (Lipinski definition) is 4. The second-order valence-electron chi connectivity index (χ2n) is 10.1. The lowest BCUT2D eigenvalue weighted by Crippen LogP contribution is -2.40. The van der Waals surface area contributed by atoms with Crippen LogP contribution in [-0.4, -0.2) is 69.3 Å². The van der Waals surface area contributed by atoms with Crippen molar-refractivity contribution in [3.8, 4) is 17.0 Å². The number of methoxy groups -OCH3 is 1. The fourth-order valence-corrected chi connectivity index (χ4v) is 5.43. The zero-order valence-corrected chi connectivity index (χ0v) is 22.9. The number of aromatic nitrogens is 2. The maximum Gasteiger partial charge on any atom is 0.254 e. The number of amides is 2. The average Bonchev–Trinajstić information content (AvgIpc) is 3.27. The van der Waals surface area contributed by atoms with Gasteiger partial charge >= 0.3 is 0 Å². The minimum atomic E-state index is -0.633. The summed E-state index contributed by atoms with van der Waals surface area (Å²) in [4.78, 5) is 36.4. The molecule has 5 rings (SSSR count). The van der Waals surface area contributed by atoms with Gasteiger partial charge in [-0.1, -0.05) is 48.7 Å². The highest BCUT2D eigenvalue weighted by molar-refractivity contribution is 6.33. The number of hydrogen-bond acceptors (Lipinski definition) is 8. The normalized spacial score (nSPS) is 19.2. The van der Waals surface area contributed by atoms with Crippen molar-refractivity contribution in [1.82, 2.24) is 20.2 Å². The van der Waals surface area contributed by atoms with Crippen molar-refractivity contribution in [3.63, 3.8) is 0 Å². The van der Waals surface area contributed by atoms with Crippen molar-refractivity contribution >= 4 is 29.4 Å². The molecule has 1 aliphatic heterocycles. The van der Waals surface area contributed by atoms with Gasteiger partial charge < -0.3 is 30.5 Å². The van der Waals surface area contributed by atoms with E-state index in [-0.39, 0.29) is 37.6 Å². The summed E-state index contributed by atoms with van der Waals surface area (Å²) in [5, 5.41) is 26.5. The van der Waals surface area contributed by atoms with E-state index in [0.29, 0.717) is 39.1 Å². The van der Waals surface area contributed by atoms with Gasteiger partial charge in [0.2, 0.25) is 11.9 Å². The Morgan fingerprint density at radius 1 is 1.23 bits per heavy atom. The van der Waals surface area contributed by atoms with Gasteiger partial charge in [-0.15, -0.1) is 0 Å². The van der Waals surface area contributed by atoms with Crippen LogP contribution in [0.2, 0.25) is 5.02 Å². The first kappa shape index (κ1) is 27.8. The molecule has 2 aromatic carbocycles. The minimum Gasteiger partial charge on any atom is -0.497 e. The predicted molar refractivity (Wildman–Crippen MR) is 150 cm³/mol. The summed E-state index contributed by atoms with van der Waals surface area (Å²) in [5.41, 5.74) is 3.09. The van der Waals surface area contributed by atoms with Crippen LogP contribution in [0.4, 0.5) is 5.95 Å². The Morgan fingerprint density at radius 2 is 2.05 bits per heavy atom. The smallest absolute Gasteiger partial charge is 0.254 e. The standard InChI is InChI=1S/C29H32ClN5O5/c1-40-20-6-4-5-17(11-20)24(16-36)32-26(38)15-35-14-19-10-9-18(12-21(19)28(35)39)27-22(30)13-31-29(34-27)33-23-7-2-3-8-25(23)37/h4-6,9-13,23-25,36-37H,2-3,7-8,14-16H2,1H3,(H,32,38)(H,31,33,34)/t23-,24+,25-/m0/s1. The van der Waals surface area contributed by atoms with Gasteiger partial charge in [0.15, 0.2) is 0 Å². The van der Waals surface area contributed by atoms with E-state index in [4.69, 9.17) is 16.3 Å². The van der Waals surface area contributed by atoms with E-state index in [1.165, 1.54) is 11.1 Å². The number of aliphatic hydroxyl groups is 2. The Hall–Kier alpha value is -3.73. The van der Waals surface area contributed by atoms with Crippen molar-refractivity contribution in [2.24, 2.45) is 0 Å². The summed E-state index contributed by atoms with van der Waals surface area (Å²) in [5.74, 6) is 0.319. The molecule has 2 amide bonds. The summed E-state index contributed by atoms with van der Waals surface area (Å²) in [6, 6.07) is 11.7. The molecule has 0 saturated heterocycles. The molecule has 0 radical (unpaired) electrons. The number of rotatable bonds is 9. The minimum absolute atomic E-state index is 0.126. The third-order valence-corrected chi connectivity index (χ3v) is 7.68. The molecule has 2 aliphatic rings. The highest BCUT2D eigenvalue weighted by atomic mass is 35.5. The predicted octanol–water partition coefficient (Wildman–Crippen LogP) is 3.33. The lowest BCUT2D eigenvalue weighted by molar-refractivity contribution is -0.122. The molecular weight excluding hydrogens is 534 g/mol. The zero-order chi connectivity index (χ0) is 28.2. The van der Waals surface area contributed by atoms with E-state index in [1.807, 2.05) is 12.1 Å². The number of carbonyl (C=O) groups is 2. The topological polar surface area (TPSA) is 137 Å². The molecule has 11 heteroatoms. The summed E-state index contributed by atoms with van der Waals surface area (Å²) in [7, 11) is 1.55. The second kappa shape index (κ2) is 12.2. The van der Waals surface area contributed by atoms with Crippen LogP contribution in [0.15, 0.2) is 48.7 Å². The fourth-order valence-electron chi connectivity index (χ4n) is 5.23. The lowest BCUT2D eigenvalue weighted by Gasteiger charge is -2.28. The number of nitrogens with one attached hydrogen (secondary N) is 2. The maximum atomic E-state index is 13.2. The van der Waals surface area contributed by atoms with Crippen LogP contribution in [0.3, 0.4) is 0 Å². The Morgan fingerprint density at radius 3 is 2.83 bits per heavy atom. The fraction of sp³-hybridized carbons (Fsp3) is 0.379. The van der Waals surface area contributed by atoms with Crippen molar-refractivity contribution in [2.75, 3.05) is 25.6 Å². The first-order chi connectivity index (χ1) is 19.4. The number of benzene rings is 2. The Balaban J connectivity index is 1.27. The molecule has 1 saturated carbocycles. The molecule has 3 atom stereocenters. The number of fused-ring (bicyclic) bond motifs is 1. The molecule has 10 nitrogen and oxygen atoms in total. The molecule has 4 N–H and O–H groups in total. The number of nitrogens with zero attached hydrogens (tertiary/aromatic N) is 3. The molecule has 210 valence electrons. The third kappa shape index (κ3) is 6.04. The van der Waals surface area contributed by atoms with E-state index in [9.17, 15) is 19.8 Å². The quantitative estimate of drug-likeness (QED) is 0.310. The Bertz CT molecular complexity index is 1400. The van der Waals surface area contributed by atoms with Crippen LogP contribution in [0.25, 0.3) is 11.3 Å². The number of halogens is 1. The van der Waals surface area contributed by atoms with E-state index in [0.717, 1.165) is 31.2 Å². The molecule has 3 aromatic rings. The van der Waals surface area contributed by atoms with Gasteiger partial charge in [-0.3, -0.25) is 9.59 Å². The molecule has 40 heavy (non-hydrogen) atoms. The number of aliphatic hydroxyl groups excluding tert-OH is 2. The lowest BCUT2D eigenvalue weighted by atomic mass is 9.93. The van der Waals surface area contributed by atoms with Gasteiger partial charge in [0, 0.05) is 17.7 Å². The van der Waals surface area contributed by atoms with E-state index in [1.54, 1.807) is 37.4 Å². The zero-order valence-electron chi connectivity index (χ0n) is 22.1. The first-order valence-corrected chi connectivity index (χ1v) is 13.7. The van der Waals surface area contributed by atoms with Crippen molar-refractivity contribution in [3.05, 3.63) is 70.4 Å². The van der Waals surface area contributed by atoms with Crippen LogP contribution in [0.5, 0.6) is 5.75 Å². The van der Waals surface area contributed by atoms with E-state index < -0.39 is 12.1 Å². The molecule has 0 unspecified atom stereocenters. The van der Waals surface area contributed by atoms with Crippen molar-refractivity contribution in [2.45, 2.75) is 50.4 Å². The van der Waals surface area contributed by atoms with Crippen LogP contribution in [0.1, 0.15) is 53.2 Å². The van der Waals surface area contributed by atoms with Gasteiger partial charge in [0.1, 0.15) is 12.3 Å². The average molecular weight is 566 g/mol. The first-order valence-electron chi connectivity index (χ1n) is 13.3.